The molecule has 0 aromatic heterocycles. The molecule has 0 aliphatic carbocycles. The fourth-order valence-corrected chi connectivity index (χ4v) is 2.24. The summed E-state index contributed by atoms with van der Waals surface area (Å²) in [5.74, 6) is 0.668. The van der Waals surface area contributed by atoms with E-state index in [1.54, 1.807) is 0 Å². The van der Waals surface area contributed by atoms with Crippen LogP contribution in [0.1, 0.15) is 54.1 Å². The first-order valence-electron chi connectivity index (χ1n) is 5.67. The van der Waals surface area contributed by atoms with Crippen LogP contribution in [0, 0.1) is 0 Å². The SMILES string of the molecule is CCC(CC)c1ccc2c(c1)C(=O)NC2. The van der Waals surface area contributed by atoms with Crippen LogP contribution in [-0.4, -0.2) is 5.91 Å². The Morgan fingerprint density at radius 3 is 2.73 bits per heavy atom. The summed E-state index contributed by atoms with van der Waals surface area (Å²) in [5, 5.41) is 2.85. The van der Waals surface area contributed by atoms with Gasteiger partial charge in [-0.25, -0.2) is 0 Å². The Kier molecular flexibility index (Phi) is 2.76. The molecule has 0 bridgehead atoms. The van der Waals surface area contributed by atoms with Crippen molar-refractivity contribution >= 4 is 5.91 Å². The zero-order valence-electron chi connectivity index (χ0n) is 9.34. The molecule has 15 heavy (non-hydrogen) atoms. The van der Waals surface area contributed by atoms with E-state index in [0.717, 1.165) is 24.0 Å². The van der Waals surface area contributed by atoms with E-state index in [-0.39, 0.29) is 5.91 Å². The number of carbonyl (C=O) groups excluding carboxylic acids is 1. The van der Waals surface area contributed by atoms with Gasteiger partial charge in [0.25, 0.3) is 5.91 Å². The highest BCUT2D eigenvalue weighted by molar-refractivity contribution is 5.98. The number of hydrogen-bond acceptors (Lipinski definition) is 1. The average molecular weight is 203 g/mol. The Morgan fingerprint density at radius 1 is 1.33 bits per heavy atom. The van der Waals surface area contributed by atoms with Gasteiger partial charge in [0.15, 0.2) is 0 Å². The summed E-state index contributed by atoms with van der Waals surface area (Å²) >= 11 is 0. The normalized spacial score (nSPS) is 14.2. The van der Waals surface area contributed by atoms with Crippen LogP contribution in [0.4, 0.5) is 0 Å². The number of fused-ring (bicyclic) bond motifs is 1. The molecule has 0 saturated heterocycles. The van der Waals surface area contributed by atoms with Crippen molar-refractivity contribution in [3.8, 4) is 0 Å². The second kappa shape index (κ2) is 4.05. The molecule has 1 heterocycles. The quantitative estimate of drug-likeness (QED) is 0.804. The van der Waals surface area contributed by atoms with E-state index in [0.29, 0.717) is 12.5 Å². The molecular formula is C13H17NO. The van der Waals surface area contributed by atoms with Gasteiger partial charge in [-0.1, -0.05) is 26.0 Å². The van der Waals surface area contributed by atoms with Gasteiger partial charge in [0.1, 0.15) is 0 Å². The molecule has 1 aliphatic heterocycles. The van der Waals surface area contributed by atoms with Crippen LogP contribution in [0.5, 0.6) is 0 Å². The average Bonchev–Trinajstić information content (AvgIpc) is 2.62. The fourth-order valence-electron chi connectivity index (χ4n) is 2.24. The van der Waals surface area contributed by atoms with E-state index in [1.807, 2.05) is 0 Å². The second-order valence-electron chi connectivity index (χ2n) is 4.11. The van der Waals surface area contributed by atoms with E-state index >= 15 is 0 Å². The van der Waals surface area contributed by atoms with Crippen molar-refractivity contribution in [2.45, 2.75) is 39.2 Å². The number of benzene rings is 1. The van der Waals surface area contributed by atoms with E-state index in [4.69, 9.17) is 0 Å². The summed E-state index contributed by atoms with van der Waals surface area (Å²) in [7, 11) is 0. The lowest BCUT2D eigenvalue weighted by atomic mass is 9.91. The Balaban J connectivity index is 2.36. The van der Waals surface area contributed by atoms with E-state index < -0.39 is 0 Å². The zero-order chi connectivity index (χ0) is 10.8. The minimum atomic E-state index is 0.0813. The van der Waals surface area contributed by atoms with Crippen LogP contribution < -0.4 is 5.32 Å². The van der Waals surface area contributed by atoms with Gasteiger partial charge in [-0.3, -0.25) is 4.79 Å². The third-order valence-electron chi connectivity index (χ3n) is 3.27. The van der Waals surface area contributed by atoms with Crippen molar-refractivity contribution in [3.63, 3.8) is 0 Å². The van der Waals surface area contributed by atoms with E-state index in [2.05, 4.69) is 37.4 Å². The summed E-state index contributed by atoms with van der Waals surface area (Å²) in [6, 6.07) is 6.31. The molecular weight excluding hydrogens is 186 g/mol. The molecule has 0 fully saturated rings. The van der Waals surface area contributed by atoms with Crippen LogP contribution in [0.15, 0.2) is 18.2 Å². The maximum absolute atomic E-state index is 11.5. The van der Waals surface area contributed by atoms with Crippen LogP contribution in [0.25, 0.3) is 0 Å². The lowest BCUT2D eigenvalue weighted by Gasteiger charge is -2.13. The number of nitrogens with one attached hydrogen (secondary N) is 1. The van der Waals surface area contributed by atoms with Gasteiger partial charge in [0.2, 0.25) is 0 Å². The van der Waals surface area contributed by atoms with Crippen LogP contribution in [-0.2, 0) is 6.54 Å². The van der Waals surface area contributed by atoms with Crippen LogP contribution in [0.2, 0.25) is 0 Å². The fraction of sp³-hybridized carbons (Fsp3) is 0.462. The third-order valence-corrected chi connectivity index (χ3v) is 3.27. The molecule has 1 aliphatic rings. The second-order valence-corrected chi connectivity index (χ2v) is 4.11. The molecule has 0 saturated carbocycles. The minimum Gasteiger partial charge on any atom is -0.348 e. The Hall–Kier alpha value is -1.31. The topological polar surface area (TPSA) is 29.1 Å². The standard InChI is InChI=1S/C13H17NO/c1-3-9(4-2)10-5-6-11-8-14-13(15)12(11)7-10/h5-7,9H,3-4,8H2,1-2H3,(H,14,15). The molecule has 1 aromatic carbocycles. The first kappa shape index (κ1) is 10.2. The van der Waals surface area contributed by atoms with Crippen molar-refractivity contribution in [3.05, 3.63) is 34.9 Å². The number of rotatable bonds is 3. The molecule has 0 radical (unpaired) electrons. The highest BCUT2D eigenvalue weighted by Gasteiger charge is 2.19. The molecule has 0 spiro atoms. The largest absolute Gasteiger partial charge is 0.348 e. The van der Waals surface area contributed by atoms with E-state index in [9.17, 15) is 4.79 Å². The van der Waals surface area contributed by atoms with Gasteiger partial charge < -0.3 is 5.32 Å². The maximum atomic E-state index is 11.5. The lowest BCUT2D eigenvalue weighted by Crippen LogP contribution is -2.12. The highest BCUT2D eigenvalue weighted by Crippen LogP contribution is 2.26. The summed E-state index contributed by atoms with van der Waals surface area (Å²) in [4.78, 5) is 11.5. The summed E-state index contributed by atoms with van der Waals surface area (Å²) in [6.07, 6.45) is 2.27. The maximum Gasteiger partial charge on any atom is 0.251 e. The molecule has 2 nitrogen and oxygen atoms in total. The summed E-state index contributed by atoms with van der Waals surface area (Å²) in [6.45, 7) is 5.08. The van der Waals surface area contributed by atoms with Crippen molar-refractivity contribution in [2.75, 3.05) is 0 Å². The summed E-state index contributed by atoms with van der Waals surface area (Å²) < 4.78 is 0. The summed E-state index contributed by atoms with van der Waals surface area (Å²) in [5.41, 5.74) is 3.31. The van der Waals surface area contributed by atoms with Crippen molar-refractivity contribution < 1.29 is 4.79 Å². The third kappa shape index (κ3) is 1.76. The lowest BCUT2D eigenvalue weighted by molar-refractivity contribution is 0.0965. The predicted molar refractivity (Wildman–Crippen MR) is 60.9 cm³/mol. The van der Waals surface area contributed by atoms with Gasteiger partial charge in [-0.15, -0.1) is 0 Å². The number of carbonyl (C=O) groups is 1. The first-order chi connectivity index (χ1) is 7.26. The Bertz CT molecular complexity index is 380. The van der Waals surface area contributed by atoms with Gasteiger partial charge in [-0.2, -0.15) is 0 Å². The highest BCUT2D eigenvalue weighted by atomic mass is 16.1. The van der Waals surface area contributed by atoms with Gasteiger partial charge in [0.05, 0.1) is 0 Å². The van der Waals surface area contributed by atoms with E-state index in [1.165, 1.54) is 5.56 Å². The number of hydrogen-bond donors (Lipinski definition) is 1. The molecule has 2 heteroatoms. The molecule has 0 unspecified atom stereocenters. The van der Waals surface area contributed by atoms with Crippen molar-refractivity contribution in [2.24, 2.45) is 0 Å². The van der Waals surface area contributed by atoms with Crippen LogP contribution in [0.3, 0.4) is 0 Å². The molecule has 1 N–H and O–H groups in total. The van der Waals surface area contributed by atoms with Crippen molar-refractivity contribution in [1.29, 1.82) is 0 Å². The molecule has 2 rings (SSSR count). The van der Waals surface area contributed by atoms with Crippen LogP contribution >= 0.6 is 0 Å². The Morgan fingerprint density at radius 2 is 2.07 bits per heavy atom. The molecule has 1 aromatic rings. The number of amides is 1. The minimum absolute atomic E-state index is 0.0813. The zero-order valence-corrected chi connectivity index (χ0v) is 9.34. The van der Waals surface area contributed by atoms with Gasteiger partial charge in [0, 0.05) is 12.1 Å². The molecule has 0 atom stereocenters. The predicted octanol–water partition coefficient (Wildman–Crippen LogP) is 2.83. The van der Waals surface area contributed by atoms with Gasteiger partial charge in [-0.05, 0) is 36.0 Å². The van der Waals surface area contributed by atoms with Gasteiger partial charge >= 0.3 is 0 Å². The first-order valence-corrected chi connectivity index (χ1v) is 5.67. The molecule has 1 amide bonds. The smallest absolute Gasteiger partial charge is 0.251 e. The Labute approximate surface area is 90.7 Å². The molecule has 80 valence electrons. The van der Waals surface area contributed by atoms with Crippen molar-refractivity contribution in [1.82, 2.24) is 5.32 Å². The monoisotopic (exact) mass is 203 g/mol.